The highest BCUT2D eigenvalue weighted by Gasteiger charge is 2.48. The Morgan fingerprint density at radius 1 is 0.500 bits per heavy atom. The summed E-state index contributed by atoms with van der Waals surface area (Å²) in [6, 6.07) is 49.5. The van der Waals surface area contributed by atoms with Gasteiger partial charge in [-0.05, 0) is 178 Å². The van der Waals surface area contributed by atoms with E-state index in [0.29, 0.717) is 5.92 Å². The molecule has 0 aromatic heterocycles. The van der Waals surface area contributed by atoms with Gasteiger partial charge < -0.3 is 4.90 Å². The number of nitrogens with zero attached hydrogens (tertiary/aromatic N) is 1. The molecule has 4 bridgehead atoms. The van der Waals surface area contributed by atoms with Crippen molar-refractivity contribution in [2.75, 3.05) is 4.90 Å². The molecule has 0 N–H and O–H groups in total. The number of rotatable bonds is 6. The fraction of sp³-hybridized carbons (Fsp3) is 0.358. The van der Waals surface area contributed by atoms with E-state index in [4.69, 9.17) is 0 Å². The molecule has 1 heteroatoms. The van der Waals surface area contributed by atoms with Gasteiger partial charge in [-0.15, -0.1) is 0 Å². The predicted molar refractivity (Wildman–Crippen MR) is 227 cm³/mol. The summed E-state index contributed by atoms with van der Waals surface area (Å²) in [7, 11) is 0. The summed E-state index contributed by atoms with van der Waals surface area (Å²) < 4.78 is 0. The maximum absolute atomic E-state index is 2.54. The number of hydrogen-bond donors (Lipinski definition) is 0. The molecule has 5 fully saturated rings. The van der Waals surface area contributed by atoms with Gasteiger partial charge in [0, 0.05) is 22.5 Å². The van der Waals surface area contributed by atoms with E-state index in [2.05, 4.69) is 146 Å². The first-order valence-corrected chi connectivity index (χ1v) is 21.3. The fourth-order valence-corrected chi connectivity index (χ4v) is 12.6. The Bertz CT molecular complexity index is 2330. The lowest BCUT2D eigenvalue weighted by Gasteiger charge is -2.54. The molecule has 6 aliphatic rings. The fourth-order valence-electron chi connectivity index (χ4n) is 12.6. The number of fused-ring (bicyclic) bond motifs is 4. The van der Waals surface area contributed by atoms with Gasteiger partial charge in [0.2, 0.25) is 0 Å². The maximum atomic E-state index is 2.54. The zero-order valence-corrected chi connectivity index (χ0v) is 32.1. The van der Waals surface area contributed by atoms with Crippen LogP contribution in [-0.2, 0) is 5.41 Å². The average molecular weight is 704 g/mol. The van der Waals surface area contributed by atoms with Crippen molar-refractivity contribution in [3.63, 3.8) is 0 Å². The molecule has 0 saturated heterocycles. The molecule has 0 spiro atoms. The van der Waals surface area contributed by atoms with Gasteiger partial charge in [0.1, 0.15) is 0 Å². The van der Waals surface area contributed by atoms with Crippen molar-refractivity contribution in [2.24, 2.45) is 23.7 Å². The molecule has 6 aromatic rings. The second-order valence-corrected chi connectivity index (χ2v) is 18.5. The van der Waals surface area contributed by atoms with Gasteiger partial charge in [-0.3, -0.25) is 0 Å². The van der Waals surface area contributed by atoms with Crippen LogP contribution < -0.4 is 4.90 Å². The van der Waals surface area contributed by atoms with Crippen LogP contribution in [0.3, 0.4) is 0 Å². The van der Waals surface area contributed by atoms with Crippen LogP contribution in [0.15, 0.2) is 127 Å². The molecule has 0 radical (unpaired) electrons. The highest BCUT2D eigenvalue weighted by atomic mass is 15.1. The third-order valence-electron chi connectivity index (χ3n) is 15.0. The Hall–Kier alpha value is -4.62. The SMILES string of the molecule is CC1(C)c2cc(N(c3ccc(C4CCCCC4)cc3)c3ccc(C4C5CC6CC(C5)CC4C6)cc3)ccc2-c2c(-c3ccc4ccccc4c3)cccc21. The van der Waals surface area contributed by atoms with Crippen LogP contribution in [-0.4, -0.2) is 0 Å². The maximum Gasteiger partial charge on any atom is 0.0465 e. The molecule has 0 aliphatic heterocycles. The van der Waals surface area contributed by atoms with Gasteiger partial charge in [0.15, 0.2) is 0 Å². The zero-order chi connectivity index (χ0) is 36.0. The van der Waals surface area contributed by atoms with Crippen LogP contribution in [0, 0.1) is 23.7 Å². The molecule has 270 valence electrons. The van der Waals surface area contributed by atoms with E-state index in [1.54, 1.807) is 5.56 Å². The van der Waals surface area contributed by atoms with Crippen LogP contribution in [0.1, 0.15) is 112 Å². The molecule has 1 nitrogen and oxygen atoms in total. The standard InChI is InChI=1S/C53H53N/c1-53(2)49-14-8-13-47(41-16-15-37-11-6-7-12-40(37)32-41)52(49)48-26-25-46(33-50(48)53)54(44-21-17-38(18-22-44)36-9-4-3-5-10-36)45-23-19-39(20-24-45)51-42-28-34-27-35(30-42)31-43(51)29-34/h6-8,11-26,32-36,42-43,51H,3-5,9-10,27-31H2,1-2H3. The highest BCUT2D eigenvalue weighted by Crippen LogP contribution is 2.60. The van der Waals surface area contributed by atoms with E-state index in [-0.39, 0.29) is 5.41 Å². The summed E-state index contributed by atoms with van der Waals surface area (Å²) in [5, 5.41) is 2.58. The minimum Gasteiger partial charge on any atom is -0.310 e. The second-order valence-electron chi connectivity index (χ2n) is 18.5. The molecule has 0 amide bonds. The molecule has 0 atom stereocenters. The lowest BCUT2D eigenvalue weighted by Crippen LogP contribution is -2.43. The first-order chi connectivity index (χ1) is 26.5. The molecule has 6 aliphatic carbocycles. The smallest absolute Gasteiger partial charge is 0.0465 e. The van der Waals surface area contributed by atoms with Crippen molar-refractivity contribution in [3.8, 4) is 22.3 Å². The van der Waals surface area contributed by atoms with Crippen LogP contribution >= 0.6 is 0 Å². The molecular formula is C53H53N. The van der Waals surface area contributed by atoms with Gasteiger partial charge in [-0.2, -0.15) is 0 Å². The van der Waals surface area contributed by atoms with Crippen LogP contribution in [0.2, 0.25) is 0 Å². The van der Waals surface area contributed by atoms with Gasteiger partial charge >= 0.3 is 0 Å². The Labute approximate surface area is 322 Å². The predicted octanol–water partition coefficient (Wildman–Crippen LogP) is 14.9. The third kappa shape index (κ3) is 5.32. The molecular weight excluding hydrogens is 651 g/mol. The Morgan fingerprint density at radius 3 is 1.85 bits per heavy atom. The minimum absolute atomic E-state index is 0.118. The van der Waals surface area contributed by atoms with Crippen molar-refractivity contribution in [1.29, 1.82) is 0 Å². The van der Waals surface area contributed by atoms with E-state index in [1.165, 1.54) is 131 Å². The highest BCUT2D eigenvalue weighted by molar-refractivity contribution is 5.96. The lowest BCUT2D eigenvalue weighted by atomic mass is 9.51. The molecule has 5 saturated carbocycles. The van der Waals surface area contributed by atoms with Crippen molar-refractivity contribution < 1.29 is 0 Å². The Balaban J connectivity index is 0.995. The monoisotopic (exact) mass is 703 g/mol. The molecule has 0 unspecified atom stereocenters. The van der Waals surface area contributed by atoms with E-state index in [0.717, 1.165) is 29.6 Å². The van der Waals surface area contributed by atoms with E-state index >= 15 is 0 Å². The van der Waals surface area contributed by atoms with Crippen molar-refractivity contribution >= 4 is 27.8 Å². The summed E-state index contributed by atoms with van der Waals surface area (Å²) in [5.74, 6) is 5.28. The summed E-state index contributed by atoms with van der Waals surface area (Å²) >= 11 is 0. The van der Waals surface area contributed by atoms with E-state index in [1.807, 2.05) is 0 Å². The summed E-state index contributed by atoms with van der Waals surface area (Å²) in [6.07, 6.45) is 14.2. The summed E-state index contributed by atoms with van der Waals surface area (Å²) in [5.41, 5.74) is 15.0. The summed E-state index contributed by atoms with van der Waals surface area (Å²) in [6.45, 7) is 4.85. The van der Waals surface area contributed by atoms with Gasteiger partial charge in [-0.25, -0.2) is 0 Å². The van der Waals surface area contributed by atoms with Crippen LogP contribution in [0.4, 0.5) is 17.1 Å². The lowest BCUT2D eigenvalue weighted by molar-refractivity contribution is -0.00277. The van der Waals surface area contributed by atoms with Crippen molar-refractivity contribution in [1.82, 2.24) is 0 Å². The zero-order valence-electron chi connectivity index (χ0n) is 32.1. The molecule has 12 rings (SSSR count). The third-order valence-corrected chi connectivity index (χ3v) is 15.0. The van der Waals surface area contributed by atoms with Gasteiger partial charge in [0.25, 0.3) is 0 Å². The number of hydrogen-bond acceptors (Lipinski definition) is 1. The van der Waals surface area contributed by atoms with E-state index < -0.39 is 0 Å². The number of benzene rings is 6. The quantitative estimate of drug-likeness (QED) is 0.167. The topological polar surface area (TPSA) is 3.24 Å². The van der Waals surface area contributed by atoms with Crippen LogP contribution in [0.25, 0.3) is 33.0 Å². The Morgan fingerprint density at radius 2 is 1.15 bits per heavy atom. The minimum atomic E-state index is -0.118. The summed E-state index contributed by atoms with van der Waals surface area (Å²) in [4.78, 5) is 2.54. The largest absolute Gasteiger partial charge is 0.310 e. The van der Waals surface area contributed by atoms with E-state index in [9.17, 15) is 0 Å². The van der Waals surface area contributed by atoms with Gasteiger partial charge in [0.05, 0.1) is 0 Å². The normalized spacial score (nSPS) is 25.1. The van der Waals surface area contributed by atoms with Crippen molar-refractivity contribution in [3.05, 3.63) is 150 Å². The van der Waals surface area contributed by atoms with Crippen LogP contribution in [0.5, 0.6) is 0 Å². The molecule has 0 heterocycles. The van der Waals surface area contributed by atoms with Gasteiger partial charge in [-0.1, -0.05) is 118 Å². The first-order valence-electron chi connectivity index (χ1n) is 21.3. The Kier molecular flexibility index (Phi) is 7.73. The average Bonchev–Trinajstić information content (AvgIpc) is 3.44. The first kappa shape index (κ1) is 32.8. The number of anilines is 3. The molecule has 54 heavy (non-hydrogen) atoms. The second kappa shape index (κ2) is 12.7. The molecule has 6 aromatic carbocycles. The van der Waals surface area contributed by atoms with Crippen molar-refractivity contribution in [2.45, 2.75) is 95.3 Å².